The third-order valence-electron chi connectivity index (χ3n) is 10.6. The first-order valence-corrected chi connectivity index (χ1v) is 19.1. The van der Waals surface area contributed by atoms with Crippen molar-refractivity contribution in [3.8, 4) is 35.0 Å². The van der Waals surface area contributed by atoms with E-state index >= 15 is 0 Å². The van der Waals surface area contributed by atoms with Crippen LogP contribution in [0.5, 0.6) is 0 Å². The number of thiophene rings is 1. The average molecular weight is 803 g/mol. The molecule has 0 fully saturated rings. The summed E-state index contributed by atoms with van der Waals surface area (Å²) in [6.07, 6.45) is 0. The molecule has 0 unspecified atom stereocenters. The summed E-state index contributed by atoms with van der Waals surface area (Å²) in [5.74, 6) is -2.10. The number of para-hydroxylation sites is 5. The van der Waals surface area contributed by atoms with Crippen LogP contribution in [0.3, 0.4) is 0 Å². The lowest BCUT2D eigenvalue weighted by molar-refractivity contribution is 0.892. The average Bonchev–Trinajstić information content (AvgIpc) is 4.42. The lowest BCUT2D eigenvalue weighted by atomic mass is 10.1. The third kappa shape index (κ3) is 4.55. The predicted molar refractivity (Wildman–Crippen MR) is 246 cm³/mol. The standard InChI is InChI=1S/C52H29N7S/c53-30-31-25-27-45-39(29-31)35-16-4-10-22-43(35)59(45)52-55-50(54-51(56-52)58-41-20-8-1-13-32(41)33-14-2-9-21-42(33)58)37-17-5-11-23-44(37)57-40-19-7-3-15-34(40)36-26-28-47-48(49(36)57)38-18-6-12-24-46(38)60-47/h1-29H/i1D,2D,4D,5D,8D,9D,10D,11D,13D,14D,16D,17D,20D,21D,22D,23D,25D,27D,29D. The molecule has 0 aliphatic carbocycles. The van der Waals surface area contributed by atoms with Gasteiger partial charge < -0.3 is 4.57 Å². The van der Waals surface area contributed by atoms with Crippen molar-refractivity contribution < 1.29 is 26.0 Å². The van der Waals surface area contributed by atoms with Gasteiger partial charge in [0.05, 0.1) is 76.5 Å². The summed E-state index contributed by atoms with van der Waals surface area (Å²) in [4.78, 5) is 14.5. The molecule has 0 N–H and O–H groups in total. The Kier molecular flexibility index (Phi) is 4.05. The van der Waals surface area contributed by atoms with Gasteiger partial charge in [-0.3, -0.25) is 9.13 Å². The van der Waals surface area contributed by atoms with Gasteiger partial charge in [0.15, 0.2) is 5.82 Å². The van der Waals surface area contributed by atoms with Crippen molar-refractivity contribution in [3.05, 3.63) is 181 Å². The number of nitriles is 1. The molecule has 0 saturated carbocycles. The fourth-order valence-electron chi connectivity index (χ4n) is 8.19. The molecule has 0 aliphatic rings. The Morgan fingerprint density at radius 3 is 1.80 bits per heavy atom. The number of rotatable bonds is 4. The lowest BCUT2D eigenvalue weighted by Crippen LogP contribution is -2.11. The zero-order valence-electron chi connectivity index (χ0n) is 49.3. The summed E-state index contributed by atoms with van der Waals surface area (Å²) in [5.41, 5.74) is -2.22. The molecule has 60 heavy (non-hydrogen) atoms. The van der Waals surface area contributed by atoms with Crippen molar-refractivity contribution in [2.75, 3.05) is 0 Å². The van der Waals surface area contributed by atoms with Crippen molar-refractivity contribution in [3.63, 3.8) is 0 Å². The van der Waals surface area contributed by atoms with E-state index in [2.05, 4.69) is 0 Å². The van der Waals surface area contributed by atoms with Gasteiger partial charge >= 0.3 is 0 Å². The molecule has 0 bridgehead atoms. The van der Waals surface area contributed by atoms with Crippen LogP contribution in [0.25, 0.3) is 115 Å². The van der Waals surface area contributed by atoms with E-state index in [4.69, 9.17) is 27.3 Å². The maximum atomic E-state index is 10.2. The molecule has 5 heterocycles. The molecule has 7 nitrogen and oxygen atoms in total. The number of hydrogen-bond acceptors (Lipinski definition) is 5. The summed E-state index contributed by atoms with van der Waals surface area (Å²) < 4.78 is 179. The number of aromatic nitrogens is 6. The highest BCUT2D eigenvalue weighted by Crippen LogP contribution is 2.44. The quantitative estimate of drug-likeness (QED) is 0.178. The predicted octanol–water partition coefficient (Wildman–Crippen LogP) is 13.1. The summed E-state index contributed by atoms with van der Waals surface area (Å²) in [6.45, 7) is 0. The van der Waals surface area contributed by atoms with Crippen LogP contribution in [0.2, 0.25) is 0 Å². The molecule has 8 heteroatoms. The first-order chi connectivity index (χ1) is 37.6. The van der Waals surface area contributed by atoms with Crippen LogP contribution in [-0.2, 0) is 0 Å². The second kappa shape index (κ2) is 12.4. The van der Waals surface area contributed by atoms with Gasteiger partial charge in [0, 0.05) is 58.1 Å². The van der Waals surface area contributed by atoms with Crippen molar-refractivity contribution in [1.82, 2.24) is 28.7 Å². The number of nitrogens with zero attached hydrogens (tertiary/aromatic N) is 7. The Balaban J connectivity index is 1.31. The summed E-state index contributed by atoms with van der Waals surface area (Å²) in [7, 11) is 0. The molecule has 0 atom stereocenters. The first kappa shape index (κ1) is 19.6. The van der Waals surface area contributed by atoms with E-state index < -0.39 is 187 Å². The molecule has 13 aromatic rings. The maximum absolute atomic E-state index is 10.2. The highest BCUT2D eigenvalue weighted by molar-refractivity contribution is 7.26. The molecular formula is C52H29N7S. The van der Waals surface area contributed by atoms with Gasteiger partial charge in [-0.25, -0.2) is 0 Å². The Labute approximate surface area is 372 Å². The summed E-state index contributed by atoms with van der Waals surface area (Å²) in [6, 6.07) is 6.19. The molecule has 13 rings (SSSR count). The minimum atomic E-state index is -0.812. The molecule has 0 spiro atoms. The van der Waals surface area contributed by atoms with E-state index in [1.54, 1.807) is 22.8 Å². The van der Waals surface area contributed by atoms with Crippen LogP contribution in [0.15, 0.2) is 175 Å². The van der Waals surface area contributed by atoms with Crippen molar-refractivity contribution in [2.24, 2.45) is 0 Å². The van der Waals surface area contributed by atoms with E-state index in [1.165, 1.54) is 11.3 Å². The van der Waals surface area contributed by atoms with E-state index in [0.29, 0.717) is 21.8 Å². The minimum absolute atomic E-state index is 0.222. The SMILES string of the molecule is [2H]c1c([2H])c([2H])c(-n2c3ccccc3c3ccc4sc5ccccc5c4c32)c(-c2nc(-n3c4c([2H])c([2H])c([2H])c([2H])c4c4c([2H])c([2H])c([2H])c([2H])c43)nc(-n3c4c([2H])c([2H])c([2H])c([2H])c4c4c([2H])c(C#N)c([2H])c([2H])c43)n2)c1[2H]. The van der Waals surface area contributed by atoms with Gasteiger partial charge in [-0.05, 0) is 66.5 Å². The van der Waals surface area contributed by atoms with Gasteiger partial charge in [0.1, 0.15) is 0 Å². The third-order valence-corrected chi connectivity index (χ3v) is 11.7. The minimum Gasteiger partial charge on any atom is -0.308 e. The van der Waals surface area contributed by atoms with Crippen LogP contribution in [0.4, 0.5) is 0 Å². The molecule has 0 radical (unpaired) electrons. The fourth-order valence-corrected chi connectivity index (χ4v) is 9.30. The zero-order chi connectivity index (χ0) is 56.0. The fraction of sp³-hybridized carbons (Fsp3) is 0. The van der Waals surface area contributed by atoms with Gasteiger partial charge in [-0.15, -0.1) is 11.3 Å². The number of hydrogen-bond donors (Lipinski definition) is 0. The Hall–Kier alpha value is -8.12. The normalized spacial score (nSPS) is 16.4. The summed E-state index contributed by atoms with van der Waals surface area (Å²) >= 11 is 1.50. The van der Waals surface area contributed by atoms with Crippen LogP contribution < -0.4 is 0 Å². The molecule has 278 valence electrons. The lowest BCUT2D eigenvalue weighted by Gasteiger charge is -2.16. The van der Waals surface area contributed by atoms with Crippen molar-refractivity contribution >= 4 is 96.9 Å². The molecule has 0 saturated heterocycles. The number of fused-ring (bicyclic) bond motifs is 13. The summed E-state index contributed by atoms with van der Waals surface area (Å²) in [5, 5.41) is 11.6. The first-order valence-electron chi connectivity index (χ1n) is 27.8. The van der Waals surface area contributed by atoms with Crippen LogP contribution in [-0.4, -0.2) is 28.7 Å². The van der Waals surface area contributed by atoms with E-state index in [0.717, 1.165) is 29.3 Å². The second-order valence-electron chi connectivity index (χ2n) is 13.7. The van der Waals surface area contributed by atoms with Crippen molar-refractivity contribution in [1.29, 1.82) is 5.26 Å². The van der Waals surface area contributed by atoms with Gasteiger partial charge in [0.2, 0.25) is 11.9 Å². The zero-order valence-corrected chi connectivity index (χ0v) is 31.1. The molecule has 8 aromatic carbocycles. The van der Waals surface area contributed by atoms with E-state index in [9.17, 15) is 19.0 Å². The van der Waals surface area contributed by atoms with Crippen LogP contribution >= 0.6 is 11.3 Å². The van der Waals surface area contributed by atoms with E-state index in [-0.39, 0.29) is 5.69 Å². The van der Waals surface area contributed by atoms with Crippen LogP contribution in [0.1, 0.15) is 31.6 Å². The van der Waals surface area contributed by atoms with E-state index in [1.807, 2.05) is 48.5 Å². The second-order valence-corrected chi connectivity index (χ2v) is 14.8. The van der Waals surface area contributed by atoms with Gasteiger partial charge in [-0.2, -0.15) is 20.2 Å². The number of benzene rings is 8. The van der Waals surface area contributed by atoms with Crippen LogP contribution in [0, 0.1) is 11.3 Å². The topological polar surface area (TPSA) is 77.2 Å². The molecule has 5 aromatic heterocycles. The van der Waals surface area contributed by atoms with Crippen molar-refractivity contribution in [2.45, 2.75) is 0 Å². The smallest absolute Gasteiger partial charge is 0.240 e. The largest absolute Gasteiger partial charge is 0.308 e. The Morgan fingerprint density at radius 1 is 0.483 bits per heavy atom. The molecular weight excluding hydrogens is 755 g/mol. The monoisotopic (exact) mass is 802 g/mol. The molecule has 0 aliphatic heterocycles. The highest BCUT2D eigenvalue weighted by atomic mass is 32.1. The Bertz CT molecular complexity index is 5040. The molecule has 0 amide bonds. The van der Waals surface area contributed by atoms with Gasteiger partial charge in [-0.1, -0.05) is 109 Å². The Morgan fingerprint density at radius 2 is 1.08 bits per heavy atom. The highest BCUT2D eigenvalue weighted by Gasteiger charge is 2.24. The van der Waals surface area contributed by atoms with Gasteiger partial charge in [0.25, 0.3) is 0 Å². The maximum Gasteiger partial charge on any atom is 0.240 e.